The van der Waals surface area contributed by atoms with E-state index in [-0.39, 0.29) is 52.4 Å². The van der Waals surface area contributed by atoms with Gasteiger partial charge in [0.25, 0.3) is 6.47 Å². The van der Waals surface area contributed by atoms with Gasteiger partial charge in [-0.2, -0.15) is 0 Å². The Hall–Kier alpha value is -2.85. The molecule has 1 heterocycles. The lowest BCUT2D eigenvalue weighted by Gasteiger charge is -2.67. The van der Waals surface area contributed by atoms with E-state index in [0.717, 1.165) is 75.6 Å². The number of carbonyl (C=O) groups excluding carboxylic acids is 3. The monoisotopic (exact) mass is 870 g/mol. The van der Waals surface area contributed by atoms with Crippen molar-refractivity contribution in [2.24, 2.45) is 57.2 Å². The molecule has 344 valence electrons. The van der Waals surface area contributed by atoms with E-state index in [9.17, 15) is 24.3 Å². The number of carbonyl (C=O) groups is 4. The number of aromatic nitrogens is 2. The van der Waals surface area contributed by atoms with Gasteiger partial charge in [0.1, 0.15) is 18.0 Å². The summed E-state index contributed by atoms with van der Waals surface area (Å²) in [6.45, 7) is 27.8. The van der Waals surface area contributed by atoms with Gasteiger partial charge >= 0.3 is 11.9 Å². The standard InChI is InChI=1S/C44H62ClN3O7.3C2H6/c1-25(2)36-31(50)19-43(34(54-24-49)23-48(8)44(17-18-44)38-46-21-27(45)22-47-38)16-12-30-28(37(36)43)9-10-33-41(6)15-13-32(26(3)29(41)11-14-42(30,33)7)55-35(51)20-40(4,5)39(52)53;3*1-2/h21-22,24-26,28-30,32-34H,9-20,23H2,1-8H3,(H,52,53);3*1-2H3. The van der Waals surface area contributed by atoms with Gasteiger partial charge in [0, 0.05) is 30.8 Å². The van der Waals surface area contributed by atoms with E-state index < -0.39 is 28.9 Å². The van der Waals surface area contributed by atoms with Crippen LogP contribution in [0.15, 0.2) is 23.5 Å². The van der Waals surface area contributed by atoms with Crippen LogP contribution in [0, 0.1) is 57.2 Å². The number of hydrogen-bond acceptors (Lipinski definition) is 9. The van der Waals surface area contributed by atoms with Crippen molar-refractivity contribution in [3.05, 3.63) is 34.4 Å². The molecule has 10 nitrogen and oxygen atoms in total. The van der Waals surface area contributed by atoms with Gasteiger partial charge in [0.15, 0.2) is 5.78 Å². The van der Waals surface area contributed by atoms with Gasteiger partial charge < -0.3 is 14.6 Å². The number of likely N-dealkylation sites (N-methyl/N-ethyl adjacent to an activating group) is 1. The maximum Gasteiger partial charge on any atom is 0.309 e. The first kappa shape index (κ1) is 50.8. The Labute approximate surface area is 373 Å². The number of ether oxygens (including phenoxy) is 2. The van der Waals surface area contributed by atoms with Crippen LogP contribution in [0.4, 0.5) is 0 Å². The van der Waals surface area contributed by atoms with E-state index in [2.05, 4.69) is 56.5 Å². The number of carboxylic acid groups (broad SMARTS) is 1. The summed E-state index contributed by atoms with van der Waals surface area (Å²) in [5.41, 5.74) is 0.378. The molecule has 1 aromatic heterocycles. The van der Waals surface area contributed by atoms with Gasteiger partial charge in [-0.05, 0) is 143 Å². The summed E-state index contributed by atoms with van der Waals surface area (Å²) in [5, 5.41) is 10.1. The van der Waals surface area contributed by atoms with E-state index in [0.29, 0.717) is 42.2 Å². The van der Waals surface area contributed by atoms with Crippen LogP contribution in [0.25, 0.3) is 0 Å². The molecule has 1 aromatic rings. The van der Waals surface area contributed by atoms with Crippen molar-refractivity contribution >= 4 is 35.8 Å². The molecule has 6 aliphatic rings. The first-order valence-corrected chi connectivity index (χ1v) is 24.2. The molecule has 10 atom stereocenters. The number of hydrogen-bond donors (Lipinski definition) is 1. The third-order valence-corrected chi connectivity index (χ3v) is 16.6. The second-order valence-electron chi connectivity index (χ2n) is 19.9. The maximum absolute atomic E-state index is 14.3. The Kier molecular flexibility index (Phi) is 16.6. The number of aliphatic carboxylic acids is 1. The molecule has 0 aliphatic heterocycles. The van der Waals surface area contributed by atoms with Crippen LogP contribution in [0.3, 0.4) is 0 Å². The average molecular weight is 871 g/mol. The Balaban J connectivity index is 0.00000131. The lowest BCUT2D eigenvalue weighted by molar-refractivity contribution is -0.194. The SMILES string of the molecule is CC.CC.CC.CC(C)C1=C2C3CCC4C(C)(CCC5C(C)C(OC(=O)CC(C)(C)C(=O)O)CCC54C)C3CCC2(C(CN(C)C2(c3ncc(Cl)cn3)CC2)OC=O)CC1=O. The van der Waals surface area contributed by atoms with Crippen molar-refractivity contribution in [1.29, 1.82) is 0 Å². The Morgan fingerprint density at radius 2 is 1.51 bits per heavy atom. The molecule has 0 aromatic carbocycles. The second kappa shape index (κ2) is 19.9. The quantitative estimate of drug-likeness (QED) is 0.160. The van der Waals surface area contributed by atoms with Crippen molar-refractivity contribution in [2.45, 2.75) is 185 Å². The molecule has 61 heavy (non-hydrogen) atoms. The van der Waals surface area contributed by atoms with Gasteiger partial charge in [0.05, 0.1) is 22.4 Å². The van der Waals surface area contributed by atoms with Crippen LogP contribution in [0.5, 0.6) is 0 Å². The topological polar surface area (TPSA) is 136 Å². The summed E-state index contributed by atoms with van der Waals surface area (Å²) in [6.07, 6.45) is 12.4. The highest BCUT2D eigenvalue weighted by Crippen LogP contribution is 2.72. The van der Waals surface area contributed by atoms with Crippen LogP contribution >= 0.6 is 11.6 Å². The van der Waals surface area contributed by atoms with Crippen LogP contribution in [-0.4, -0.2) is 70.0 Å². The first-order valence-electron chi connectivity index (χ1n) is 23.8. The molecule has 0 bridgehead atoms. The number of esters is 1. The highest BCUT2D eigenvalue weighted by atomic mass is 35.5. The largest absolute Gasteiger partial charge is 0.481 e. The van der Waals surface area contributed by atoms with Crippen molar-refractivity contribution in [3.63, 3.8) is 0 Å². The normalized spacial score (nSPS) is 33.7. The third kappa shape index (κ3) is 9.11. The minimum Gasteiger partial charge on any atom is -0.481 e. The Morgan fingerprint density at radius 3 is 2.07 bits per heavy atom. The summed E-state index contributed by atoms with van der Waals surface area (Å²) >= 11 is 6.14. The average Bonchev–Trinajstić information content (AvgIpc) is 3.97. The summed E-state index contributed by atoms with van der Waals surface area (Å²) < 4.78 is 12.2. The second-order valence-corrected chi connectivity index (χ2v) is 20.4. The molecule has 1 N–H and O–H groups in total. The third-order valence-electron chi connectivity index (χ3n) is 16.4. The number of carboxylic acids is 1. The summed E-state index contributed by atoms with van der Waals surface area (Å²) in [4.78, 5) is 62.7. The lowest BCUT2D eigenvalue weighted by Crippen LogP contribution is -2.61. The Morgan fingerprint density at radius 1 is 0.934 bits per heavy atom. The van der Waals surface area contributed by atoms with Gasteiger partial charge in [-0.15, -0.1) is 0 Å². The molecule has 0 radical (unpaired) electrons. The molecule has 5 saturated carbocycles. The van der Waals surface area contributed by atoms with E-state index in [1.54, 1.807) is 26.2 Å². The fourth-order valence-electron chi connectivity index (χ4n) is 13.4. The zero-order valence-corrected chi connectivity index (χ0v) is 40.9. The number of allylic oxidation sites excluding steroid dienone is 1. The van der Waals surface area contributed by atoms with Gasteiger partial charge in [-0.25, -0.2) is 9.97 Å². The van der Waals surface area contributed by atoms with E-state index in [1.807, 2.05) is 41.5 Å². The highest BCUT2D eigenvalue weighted by Gasteiger charge is 2.67. The fraction of sp³-hybridized carbons (Fsp3) is 0.800. The van der Waals surface area contributed by atoms with Gasteiger partial charge in [0.2, 0.25) is 0 Å². The van der Waals surface area contributed by atoms with Crippen molar-refractivity contribution in [1.82, 2.24) is 14.9 Å². The number of fused-ring (bicyclic) bond motifs is 7. The first-order chi connectivity index (χ1) is 28.8. The molecule has 11 heteroatoms. The van der Waals surface area contributed by atoms with E-state index in [1.165, 1.54) is 5.57 Å². The van der Waals surface area contributed by atoms with E-state index in [4.69, 9.17) is 21.1 Å². The molecule has 10 unspecified atom stereocenters. The van der Waals surface area contributed by atoms with Crippen LogP contribution < -0.4 is 0 Å². The van der Waals surface area contributed by atoms with Crippen molar-refractivity contribution in [3.8, 4) is 0 Å². The summed E-state index contributed by atoms with van der Waals surface area (Å²) in [6, 6.07) is 0. The zero-order chi connectivity index (χ0) is 45.9. The molecule has 0 amide bonds. The van der Waals surface area contributed by atoms with Crippen LogP contribution in [-0.2, 0) is 34.2 Å². The molecule has 7 rings (SSSR count). The molecular weight excluding hydrogens is 790 g/mol. The molecular formula is C50H80ClN3O7. The highest BCUT2D eigenvalue weighted by molar-refractivity contribution is 6.30. The smallest absolute Gasteiger partial charge is 0.309 e. The zero-order valence-electron chi connectivity index (χ0n) is 40.2. The number of Topliss-reactive ketones (excluding diaryl/α,β-unsaturated/α-hetero) is 1. The summed E-state index contributed by atoms with van der Waals surface area (Å²) in [5.74, 6) is 1.36. The van der Waals surface area contributed by atoms with Crippen molar-refractivity contribution < 1.29 is 33.8 Å². The number of nitrogens with zero attached hydrogens (tertiary/aromatic N) is 3. The van der Waals surface area contributed by atoms with E-state index >= 15 is 0 Å². The molecule has 0 saturated heterocycles. The lowest BCUT2D eigenvalue weighted by atomic mass is 9.38. The minimum absolute atomic E-state index is 0.0775. The van der Waals surface area contributed by atoms with Crippen molar-refractivity contribution in [2.75, 3.05) is 13.6 Å². The number of rotatable bonds is 12. The predicted molar refractivity (Wildman–Crippen MR) is 242 cm³/mol. The number of ketones is 1. The molecule has 5 fully saturated rings. The van der Waals surface area contributed by atoms with Gasteiger partial charge in [-0.1, -0.05) is 87.8 Å². The molecule has 6 aliphatic carbocycles. The van der Waals surface area contributed by atoms with Crippen LogP contribution in [0.1, 0.15) is 173 Å². The minimum atomic E-state index is -1.16. The fourth-order valence-corrected chi connectivity index (χ4v) is 13.5. The summed E-state index contributed by atoms with van der Waals surface area (Å²) in [7, 11) is 2.07. The van der Waals surface area contributed by atoms with Gasteiger partial charge in [-0.3, -0.25) is 24.1 Å². The Bertz CT molecular complexity index is 1740. The molecule has 0 spiro atoms. The predicted octanol–water partition coefficient (Wildman–Crippen LogP) is 11.3. The number of halogens is 1. The van der Waals surface area contributed by atoms with Crippen LogP contribution in [0.2, 0.25) is 5.02 Å². The maximum atomic E-state index is 14.3.